The van der Waals surface area contributed by atoms with Gasteiger partial charge in [-0.3, -0.25) is 9.89 Å². The van der Waals surface area contributed by atoms with Gasteiger partial charge in [0.2, 0.25) is 0 Å². The highest BCUT2D eigenvalue weighted by Gasteiger charge is 2.20. The smallest absolute Gasteiger partial charge is 0.194 e. The molecule has 1 aliphatic rings. The van der Waals surface area contributed by atoms with Crippen LogP contribution in [-0.4, -0.2) is 61.3 Å². The first-order valence-electron chi connectivity index (χ1n) is 8.48. The van der Waals surface area contributed by atoms with E-state index in [0.717, 1.165) is 56.7 Å². The first-order valence-corrected chi connectivity index (χ1v) is 8.48. The lowest BCUT2D eigenvalue weighted by atomic mass is 10.2. The van der Waals surface area contributed by atoms with Crippen LogP contribution in [0.25, 0.3) is 0 Å². The van der Waals surface area contributed by atoms with E-state index in [1.807, 2.05) is 31.3 Å². The summed E-state index contributed by atoms with van der Waals surface area (Å²) in [7, 11) is 3.51. The van der Waals surface area contributed by atoms with Gasteiger partial charge in [0, 0.05) is 52.4 Å². The fraction of sp³-hybridized carbons (Fsp3) is 0.444. The highest BCUT2D eigenvalue weighted by molar-refractivity contribution is 5.80. The van der Waals surface area contributed by atoms with E-state index in [-0.39, 0.29) is 0 Å². The van der Waals surface area contributed by atoms with Crippen molar-refractivity contribution >= 4 is 5.96 Å². The summed E-state index contributed by atoms with van der Waals surface area (Å²) in [6.07, 6.45) is 1.62. The van der Waals surface area contributed by atoms with Crippen LogP contribution in [-0.2, 0) is 13.1 Å². The Morgan fingerprint density at radius 3 is 2.80 bits per heavy atom. The van der Waals surface area contributed by atoms with Gasteiger partial charge in [-0.1, -0.05) is 17.3 Å². The van der Waals surface area contributed by atoms with E-state index in [1.54, 1.807) is 13.4 Å². The van der Waals surface area contributed by atoms with E-state index in [1.165, 1.54) is 5.56 Å². The van der Waals surface area contributed by atoms with Gasteiger partial charge in [0.05, 0.1) is 12.8 Å². The zero-order valence-corrected chi connectivity index (χ0v) is 14.8. The van der Waals surface area contributed by atoms with Crippen molar-refractivity contribution in [3.05, 3.63) is 47.9 Å². The second-order valence-electron chi connectivity index (χ2n) is 6.01. The lowest BCUT2D eigenvalue weighted by molar-refractivity contribution is 0.169. The van der Waals surface area contributed by atoms with Crippen molar-refractivity contribution in [2.45, 2.75) is 13.1 Å². The predicted octanol–water partition coefficient (Wildman–Crippen LogP) is 1.58. The van der Waals surface area contributed by atoms with Crippen molar-refractivity contribution in [1.29, 1.82) is 0 Å². The van der Waals surface area contributed by atoms with Gasteiger partial charge in [0.25, 0.3) is 0 Å². The Morgan fingerprint density at radius 1 is 1.28 bits per heavy atom. The van der Waals surface area contributed by atoms with Gasteiger partial charge in [-0.05, 0) is 17.7 Å². The molecule has 2 aromatic rings. The molecular weight excluding hydrogens is 318 g/mol. The van der Waals surface area contributed by atoms with Crippen LogP contribution in [0.2, 0.25) is 0 Å². The molecule has 7 heteroatoms. The number of nitrogens with one attached hydrogen (secondary N) is 1. The SMILES string of the molecule is CN=C(NCc1cccc(OC)c1)N1CCN(Cc2ccon2)CC1. The molecule has 3 rings (SSSR count). The molecule has 1 saturated heterocycles. The molecular formula is C18H25N5O2. The summed E-state index contributed by atoms with van der Waals surface area (Å²) in [6.45, 7) is 5.40. The highest BCUT2D eigenvalue weighted by atomic mass is 16.5. The molecule has 2 heterocycles. The third-order valence-electron chi connectivity index (χ3n) is 4.35. The number of rotatable bonds is 5. The Morgan fingerprint density at radius 2 is 2.12 bits per heavy atom. The minimum atomic E-state index is 0.725. The number of hydrogen-bond donors (Lipinski definition) is 1. The molecule has 0 unspecified atom stereocenters. The normalized spacial score (nSPS) is 16.1. The van der Waals surface area contributed by atoms with Crippen LogP contribution >= 0.6 is 0 Å². The summed E-state index contributed by atoms with van der Waals surface area (Å²) in [5.41, 5.74) is 2.15. The number of aliphatic imine (C=N–C) groups is 1. The molecule has 0 bridgehead atoms. The van der Waals surface area contributed by atoms with Gasteiger partial charge >= 0.3 is 0 Å². The minimum absolute atomic E-state index is 0.725. The fourth-order valence-corrected chi connectivity index (χ4v) is 2.96. The van der Waals surface area contributed by atoms with E-state index < -0.39 is 0 Å². The molecule has 1 aromatic heterocycles. The summed E-state index contributed by atoms with van der Waals surface area (Å²) in [5.74, 6) is 1.81. The van der Waals surface area contributed by atoms with E-state index in [4.69, 9.17) is 9.26 Å². The van der Waals surface area contributed by atoms with Crippen molar-refractivity contribution in [3.63, 3.8) is 0 Å². The molecule has 1 aliphatic heterocycles. The topological polar surface area (TPSA) is 66.1 Å². The summed E-state index contributed by atoms with van der Waals surface area (Å²) in [6, 6.07) is 9.99. The summed E-state index contributed by atoms with van der Waals surface area (Å²) in [4.78, 5) is 9.09. The zero-order valence-electron chi connectivity index (χ0n) is 14.8. The number of nitrogens with zero attached hydrogens (tertiary/aromatic N) is 4. The maximum Gasteiger partial charge on any atom is 0.194 e. The van der Waals surface area contributed by atoms with E-state index in [0.29, 0.717) is 0 Å². The zero-order chi connectivity index (χ0) is 17.5. The molecule has 0 amide bonds. The van der Waals surface area contributed by atoms with Gasteiger partial charge < -0.3 is 19.5 Å². The minimum Gasteiger partial charge on any atom is -0.497 e. The molecule has 0 spiro atoms. The molecule has 7 nitrogen and oxygen atoms in total. The third kappa shape index (κ3) is 4.73. The van der Waals surface area contributed by atoms with Crippen molar-refractivity contribution in [2.75, 3.05) is 40.3 Å². The quantitative estimate of drug-likeness (QED) is 0.657. The molecule has 0 atom stereocenters. The number of methoxy groups -OCH3 is 1. The molecule has 0 saturated carbocycles. The van der Waals surface area contributed by atoms with Crippen LogP contribution in [0.1, 0.15) is 11.3 Å². The molecule has 134 valence electrons. The number of piperazine rings is 1. The average molecular weight is 343 g/mol. The van der Waals surface area contributed by atoms with Crippen LogP contribution in [0.3, 0.4) is 0 Å². The number of hydrogen-bond acceptors (Lipinski definition) is 5. The Kier molecular flexibility index (Phi) is 5.90. The molecule has 25 heavy (non-hydrogen) atoms. The summed E-state index contributed by atoms with van der Waals surface area (Å²) in [5, 5.41) is 7.42. The second-order valence-corrected chi connectivity index (χ2v) is 6.01. The number of ether oxygens (including phenoxy) is 1. The van der Waals surface area contributed by atoms with Gasteiger partial charge in [0.15, 0.2) is 5.96 Å². The average Bonchev–Trinajstić information content (AvgIpc) is 3.17. The van der Waals surface area contributed by atoms with Crippen molar-refractivity contribution in [3.8, 4) is 5.75 Å². The molecule has 1 N–H and O–H groups in total. The predicted molar refractivity (Wildman–Crippen MR) is 96.5 cm³/mol. The fourth-order valence-electron chi connectivity index (χ4n) is 2.96. The van der Waals surface area contributed by atoms with E-state index in [2.05, 4.69) is 31.3 Å². The largest absolute Gasteiger partial charge is 0.497 e. The Bertz CT molecular complexity index is 679. The van der Waals surface area contributed by atoms with Crippen LogP contribution in [0.15, 0.2) is 46.1 Å². The number of guanidine groups is 1. The molecule has 0 radical (unpaired) electrons. The van der Waals surface area contributed by atoms with Gasteiger partial charge in [-0.15, -0.1) is 0 Å². The van der Waals surface area contributed by atoms with Crippen molar-refractivity contribution in [1.82, 2.24) is 20.3 Å². The van der Waals surface area contributed by atoms with Gasteiger partial charge in [0.1, 0.15) is 12.0 Å². The Balaban J connectivity index is 1.49. The van der Waals surface area contributed by atoms with Crippen LogP contribution in [0.4, 0.5) is 0 Å². The summed E-state index contributed by atoms with van der Waals surface area (Å²) < 4.78 is 10.2. The van der Waals surface area contributed by atoms with Crippen LogP contribution in [0, 0.1) is 0 Å². The van der Waals surface area contributed by atoms with E-state index in [9.17, 15) is 0 Å². The molecule has 1 aromatic carbocycles. The van der Waals surface area contributed by atoms with Crippen molar-refractivity contribution < 1.29 is 9.26 Å². The maximum absolute atomic E-state index is 5.27. The third-order valence-corrected chi connectivity index (χ3v) is 4.35. The van der Waals surface area contributed by atoms with Gasteiger partial charge in [-0.25, -0.2) is 0 Å². The highest BCUT2D eigenvalue weighted by Crippen LogP contribution is 2.12. The standard InChI is InChI=1S/C18H25N5O2/c1-19-18(20-13-15-4-3-5-17(12-15)24-2)23-9-7-22(8-10-23)14-16-6-11-25-21-16/h3-6,11-12H,7-10,13-14H2,1-2H3,(H,19,20). The van der Waals surface area contributed by atoms with Gasteiger partial charge in [-0.2, -0.15) is 0 Å². The van der Waals surface area contributed by atoms with Crippen molar-refractivity contribution in [2.24, 2.45) is 4.99 Å². The van der Waals surface area contributed by atoms with Crippen LogP contribution in [0.5, 0.6) is 5.75 Å². The maximum atomic E-state index is 5.27. The van der Waals surface area contributed by atoms with E-state index >= 15 is 0 Å². The lowest BCUT2D eigenvalue weighted by Gasteiger charge is -2.36. The summed E-state index contributed by atoms with van der Waals surface area (Å²) >= 11 is 0. The molecule has 0 aliphatic carbocycles. The number of benzene rings is 1. The first-order chi connectivity index (χ1) is 12.3. The number of aromatic nitrogens is 1. The second kappa shape index (κ2) is 8.53. The first kappa shape index (κ1) is 17.3. The monoisotopic (exact) mass is 343 g/mol. The molecule has 1 fully saturated rings. The lowest BCUT2D eigenvalue weighted by Crippen LogP contribution is -2.52. The van der Waals surface area contributed by atoms with Crippen LogP contribution < -0.4 is 10.1 Å². The Hall–Kier alpha value is -2.54. The Labute approximate surface area is 148 Å².